The molecule has 0 radical (unpaired) electrons. The molecule has 19 heavy (non-hydrogen) atoms. The van der Waals surface area contributed by atoms with Gasteiger partial charge >= 0.3 is 0 Å². The first kappa shape index (κ1) is 12.5. The standard InChI is InChI=1S/C14H17N3OS/c1-2-7-19-9-13-16-14(18-17-13)12-8-10-5-3-4-6-11(10)15-12/h3-6,12,15H,2,7-9H2,1H3/t12-/m0/s1. The number of thioether (sulfide) groups is 1. The Balaban J connectivity index is 1.65. The monoisotopic (exact) mass is 275 g/mol. The summed E-state index contributed by atoms with van der Waals surface area (Å²) >= 11 is 1.84. The molecule has 0 unspecified atom stereocenters. The molecular weight excluding hydrogens is 258 g/mol. The van der Waals surface area contributed by atoms with Crippen LogP contribution < -0.4 is 5.32 Å². The fraction of sp³-hybridized carbons (Fsp3) is 0.429. The predicted molar refractivity (Wildman–Crippen MR) is 77.3 cm³/mol. The summed E-state index contributed by atoms with van der Waals surface area (Å²) < 4.78 is 5.37. The minimum Gasteiger partial charge on any atom is -0.373 e. The largest absolute Gasteiger partial charge is 0.373 e. The molecule has 4 nitrogen and oxygen atoms in total. The van der Waals surface area contributed by atoms with Crippen LogP contribution in [0.2, 0.25) is 0 Å². The van der Waals surface area contributed by atoms with E-state index in [-0.39, 0.29) is 6.04 Å². The Morgan fingerprint density at radius 3 is 3.16 bits per heavy atom. The molecule has 3 rings (SSSR count). The number of hydrogen-bond acceptors (Lipinski definition) is 5. The second-order valence-corrected chi connectivity index (χ2v) is 5.76. The SMILES string of the molecule is CCCSCc1noc([C@@H]2Cc3ccccc3N2)n1. The van der Waals surface area contributed by atoms with E-state index in [0.29, 0.717) is 5.89 Å². The zero-order valence-electron chi connectivity index (χ0n) is 10.9. The molecule has 5 heteroatoms. The van der Waals surface area contributed by atoms with E-state index in [1.807, 2.05) is 17.8 Å². The Labute approximate surface area is 117 Å². The summed E-state index contributed by atoms with van der Waals surface area (Å²) in [5.41, 5.74) is 2.49. The average Bonchev–Trinajstić information content (AvgIpc) is 3.04. The Morgan fingerprint density at radius 2 is 2.32 bits per heavy atom. The third-order valence-corrected chi connectivity index (χ3v) is 4.29. The first-order valence-corrected chi connectivity index (χ1v) is 7.77. The third kappa shape index (κ3) is 2.76. The molecule has 1 aliphatic rings. The number of rotatable bonds is 5. The molecule has 0 amide bonds. The number of anilines is 1. The van der Waals surface area contributed by atoms with Gasteiger partial charge in [-0.3, -0.25) is 0 Å². The molecule has 100 valence electrons. The van der Waals surface area contributed by atoms with Crippen LogP contribution in [0.15, 0.2) is 28.8 Å². The highest BCUT2D eigenvalue weighted by atomic mass is 32.2. The Hall–Kier alpha value is -1.49. The van der Waals surface area contributed by atoms with E-state index < -0.39 is 0 Å². The number of benzene rings is 1. The average molecular weight is 275 g/mol. The molecule has 1 aromatic heterocycles. The number of aromatic nitrogens is 2. The molecule has 1 atom stereocenters. The highest BCUT2D eigenvalue weighted by molar-refractivity contribution is 7.98. The Kier molecular flexibility index (Phi) is 3.73. The number of nitrogens with zero attached hydrogens (tertiary/aromatic N) is 2. The van der Waals surface area contributed by atoms with Crippen LogP contribution in [0, 0.1) is 0 Å². The predicted octanol–water partition coefficient (Wildman–Crippen LogP) is 3.42. The van der Waals surface area contributed by atoms with Gasteiger partial charge in [0.1, 0.15) is 6.04 Å². The molecule has 0 saturated carbocycles. The van der Waals surface area contributed by atoms with Gasteiger partial charge < -0.3 is 9.84 Å². The van der Waals surface area contributed by atoms with E-state index in [2.05, 4.69) is 40.6 Å². The maximum absolute atomic E-state index is 5.37. The number of para-hydroxylation sites is 1. The zero-order valence-corrected chi connectivity index (χ0v) is 11.7. The Morgan fingerprint density at radius 1 is 1.42 bits per heavy atom. The molecular formula is C14H17N3OS. The van der Waals surface area contributed by atoms with E-state index in [0.717, 1.165) is 23.8 Å². The van der Waals surface area contributed by atoms with Crippen molar-refractivity contribution in [3.63, 3.8) is 0 Å². The fourth-order valence-electron chi connectivity index (χ4n) is 2.22. The van der Waals surface area contributed by atoms with Crippen LogP contribution in [0.25, 0.3) is 0 Å². The van der Waals surface area contributed by atoms with Crippen LogP contribution in [-0.2, 0) is 12.2 Å². The zero-order chi connectivity index (χ0) is 13.1. The van der Waals surface area contributed by atoms with Gasteiger partial charge in [0.05, 0.1) is 5.75 Å². The first-order chi connectivity index (χ1) is 9.36. The topological polar surface area (TPSA) is 51.0 Å². The summed E-state index contributed by atoms with van der Waals surface area (Å²) in [6, 6.07) is 8.44. The minimum absolute atomic E-state index is 0.120. The Bertz CT molecular complexity index is 530. The van der Waals surface area contributed by atoms with Gasteiger partial charge in [-0.25, -0.2) is 0 Å². The summed E-state index contributed by atoms with van der Waals surface area (Å²) in [6.07, 6.45) is 2.09. The summed E-state index contributed by atoms with van der Waals surface area (Å²) in [6.45, 7) is 2.17. The van der Waals surface area contributed by atoms with Crippen LogP contribution in [0.1, 0.15) is 36.7 Å². The van der Waals surface area contributed by atoms with E-state index in [9.17, 15) is 0 Å². The summed E-state index contributed by atoms with van der Waals surface area (Å²) in [7, 11) is 0. The molecule has 0 aliphatic carbocycles. The van der Waals surface area contributed by atoms with Gasteiger partial charge in [0, 0.05) is 12.1 Å². The van der Waals surface area contributed by atoms with Crippen molar-refractivity contribution < 1.29 is 4.52 Å². The van der Waals surface area contributed by atoms with Crippen molar-refractivity contribution in [2.24, 2.45) is 0 Å². The number of fused-ring (bicyclic) bond motifs is 1. The molecule has 0 fully saturated rings. The van der Waals surface area contributed by atoms with Crippen LogP contribution in [-0.4, -0.2) is 15.9 Å². The van der Waals surface area contributed by atoms with Gasteiger partial charge in [-0.15, -0.1) is 0 Å². The van der Waals surface area contributed by atoms with Crippen molar-refractivity contribution in [2.45, 2.75) is 31.6 Å². The molecule has 0 saturated heterocycles. The normalized spacial score (nSPS) is 17.2. The molecule has 1 aromatic carbocycles. The summed E-state index contributed by atoms with van der Waals surface area (Å²) in [4.78, 5) is 4.49. The van der Waals surface area contributed by atoms with Crippen LogP contribution in [0.4, 0.5) is 5.69 Å². The molecule has 1 aliphatic heterocycles. The van der Waals surface area contributed by atoms with Crippen LogP contribution >= 0.6 is 11.8 Å². The van der Waals surface area contributed by atoms with Crippen molar-refractivity contribution in [3.8, 4) is 0 Å². The minimum atomic E-state index is 0.120. The van der Waals surface area contributed by atoms with Crippen molar-refractivity contribution >= 4 is 17.4 Å². The van der Waals surface area contributed by atoms with Crippen LogP contribution in [0.3, 0.4) is 0 Å². The quantitative estimate of drug-likeness (QED) is 0.847. The number of nitrogens with one attached hydrogen (secondary N) is 1. The molecule has 0 bridgehead atoms. The lowest BCUT2D eigenvalue weighted by molar-refractivity contribution is 0.360. The van der Waals surface area contributed by atoms with Crippen molar-refractivity contribution in [3.05, 3.63) is 41.5 Å². The molecule has 0 spiro atoms. The molecule has 2 heterocycles. The maximum atomic E-state index is 5.37. The maximum Gasteiger partial charge on any atom is 0.249 e. The summed E-state index contributed by atoms with van der Waals surface area (Å²) in [5.74, 6) is 3.46. The van der Waals surface area contributed by atoms with E-state index in [4.69, 9.17) is 4.52 Å². The van der Waals surface area contributed by atoms with Gasteiger partial charge in [-0.1, -0.05) is 30.3 Å². The lowest BCUT2D eigenvalue weighted by Crippen LogP contribution is -2.06. The van der Waals surface area contributed by atoms with Crippen molar-refractivity contribution in [2.75, 3.05) is 11.1 Å². The second-order valence-electron chi connectivity index (χ2n) is 4.66. The second kappa shape index (κ2) is 5.65. The lowest BCUT2D eigenvalue weighted by atomic mass is 10.1. The molecule has 1 N–H and O–H groups in total. The van der Waals surface area contributed by atoms with Gasteiger partial charge in [-0.2, -0.15) is 16.7 Å². The van der Waals surface area contributed by atoms with Gasteiger partial charge in [0.2, 0.25) is 5.89 Å². The summed E-state index contributed by atoms with van der Waals surface area (Å²) in [5, 5.41) is 7.48. The van der Waals surface area contributed by atoms with Crippen molar-refractivity contribution in [1.82, 2.24) is 10.1 Å². The van der Waals surface area contributed by atoms with Gasteiger partial charge in [-0.05, 0) is 23.8 Å². The first-order valence-electron chi connectivity index (χ1n) is 6.61. The third-order valence-electron chi connectivity index (χ3n) is 3.13. The highest BCUT2D eigenvalue weighted by Gasteiger charge is 2.26. The van der Waals surface area contributed by atoms with E-state index in [1.54, 1.807) is 0 Å². The highest BCUT2D eigenvalue weighted by Crippen LogP contribution is 2.33. The lowest BCUT2D eigenvalue weighted by Gasteiger charge is -2.04. The van der Waals surface area contributed by atoms with Gasteiger partial charge in [0.25, 0.3) is 0 Å². The number of hydrogen-bond donors (Lipinski definition) is 1. The molecule has 2 aromatic rings. The van der Waals surface area contributed by atoms with E-state index >= 15 is 0 Å². The fourth-order valence-corrected chi connectivity index (χ4v) is 2.96. The van der Waals surface area contributed by atoms with Gasteiger partial charge in [0.15, 0.2) is 5.82 Å². The van der Waals surface area contributed by atoms with Crippen LogP contribution in [0.5, 0.6) is 0 Å². The van der Waals surface area contributed by atoms with E-state index in [1.165, 1.54) is 17.7 Å². The van der Waals surface area contributed by atoms with Crippen molar-refractivity contribution in [1.29, 1.82) is 0 Å². The smallest absolute Gasteiger partial charge is 0.249 e.